The van der Waals surface area contributed by atoms with Gasteiger partial charge in [0.2, 0.25) is 5.95 Å². The summed E-state index contributed by atoms with van der Waals surface area (Å²) >= 11 is 0. The first-order chi connectivity index (χ1) is 14.3. The maximum absolute atomic E-state index is 12.4. The molecule has 1 saturated heterocycles. The molecule has 0 atom stereocenters. The number of nitrogens with zero attached hydrogens (tertiary/aromatic N) is 4. The predicted molar refractivity (Wildman–Crippen MR) is 115 cm³/mol. The van der Waals surface area contributed by atoms with Gasteiger partial charge in [0.25, 0.3) is 5.91 Å². The van der Waals surface area contributed by atoms with Gasteiger partial charge in [0.05, 0.1) is 0 Å². The number of carbonyl (C=O) groups excluding carboxylic acids is 2. The molecule has 1 aliphatic heterocycles. The third-order valence-electron chi connectivity index (χ3n) is 5.26. The molecule has 1 aromatic carbocycles. The van der Waals surface area contributed by atoms with E-state index in [-0.39, 0.29) is 30.3 Å². The second kappa shape index (κ2) is 9.69. The van der Waals surface area contributed by atoms with E-state index in [1.165, 1.54) is 5.56 Å². The second-order valence-corrected chi connectivity index (χ2v) is 8.52. The van der Waals surface area contributed by atoms with Crippen molar-refractivity contribution in [1.82, 2.24) is 14.9 Å². The van der Waals surface area contributed by atoms with E-state index in [0.717, 1.165) is 5.56 Å². The molecule has 7 heteroatoms. The number of aryl methyl sites for hydroxylation is 1. The van der Waals surface area contributed by atoms with E-state index in [1.807, 2.05) is 4.90 Å². The first-order valence-electron chi connectivity index (χ1n) is 10.4. The molecule has 0 radical (unpaired) electrons. The maximum atomic E-state index is 12.4. The number of rotatable bonds is 6. The van der Waals surface area contributed by atoms with Crippen LogP contribution in [0.2, 0.25) is 0 Å². The average Bonchev–Trinajstić information content (AvgIpc) is 2.76. The lowest BCUT2D eigenvalue weighted by atomic mass is 9.86. The molecule has 1 aromatic heterocycles. The van der Waals surface area contributed by atoms with Gasteiger partial charge in [0.1, 0.15) is 0 Å². The Morgan fingerprint density at radius 3 is 2.23 bits per heavy atom. The minimum absolute atomic E-state index is 0.109. The lowest BCUT2D eigenvalue weighted by molar-refractivity contribution is -0.152. The number of piperazine rings is 1. The van der Waals surface area contributed by atoms with Crippen LogP contribution in [0.4, 0.5) is 5.95 Å². The van der Waals surface area contributed by atoms with E-state index in [0.29, 0.717) is 38.5 Å². The van der Waals surface area contributed by atoms with Crippen LogP contribution >= 0.6 is 0 Å². The highest BCUT2D eigenvalue weighted by molar-refractivity contribution is 5.81. The van der Waals surface area contributed by atoms with Crippen LogP contribution in [0.5, 0.6) is 0 Å². The number of esters is 1. The summed E-state index contributed by atoms with van der Waals surface area (Å²) in [7, 11) is 0. The molecule has 0 aliphatic carbocycles. The fourth-order valence-corrected chi connectivity index (χ4v) is 3.33. The molecular formula is C23H30N4O3. The molecule has 2 aromatic rings. The fraction of sp³-hybridized carbons (Fsp3) is 0.478. The van der Waals surface area contributed by atoms with Gasteiger partial charge in [-0.05, 0) is 29.0 Å². The molecule has 0 N–H and O–H groups in total. The molecule has 0 spiro atoms. The molecule has 30 heavy (non-hydrogen) atoms. The highest BCUT2D eigenvalue weighted by Crippen LogP contribution is 2.22. The minimum atomic E-state index is -0.348. The predicted octanol–water partition coefficient (Wildman–Crippen LogP) is 2.60. The van der Waals surface area contributed by atoms with Crippen molar-refractivity contribution in [2.24, 2.45) is 0 Å². The summed E-state index contributed by atoms with van der Waals surface area (Å²) in [5.41, 5.74) is 2.46. The fourth-order valence-electron chi connectivity index (χ4n) is 3.33. The van der Waals surface area contributed by atoms with E-state index in [9.17, 15) is 9.59 Å². The van der Waals surface area contributed by atoms with Crippen LogP contribution in [0.1, 0.15) is 38.3 Å². The number of anilines is 1. The van der Waals surface area contributed by atoms with E-state index >= 15 is 0 Å². The second-order valence-electron chi connectivity index (χ2n) is 8.52. The van der Waals surface area contributed by atoms with Crippen molar-refractivity contribution in [3.63, 3.8) is 0 Å². The van der Waals surface area contributed by atoms with Gasteiger partial charge in [-0.15, -0.1) is 0 Å². The van der Waals surface area contributed by atoms with Crippen molar-refractivity contribution < 1.29 is 14.3 Å². The van der Waals surface area contributed by atoms with Crippen LogP contribution in [0.3, 0.4) is 0 Å². The Balaban J connectivity index is 1.37. The SMILES string of the molecule is CC(C)(C)c1ccc(CCC(=O)OCC(=O)N2CCN(c3ncccn3)CC2)cc1. The van der Waals surface area contributed by atoms with Crippen molar-refractivity contribution in [2.45, 2.75) is 39.0 Å². The van der Waals surface area contributed by atoms with Crippen molar-refractivity contribution >= 4 is 17.8 Å². The zero-order chi connectivity index (χ0) is 21.6. The van der Waals surface area contributed by atoms with Gasteiger partial charge < -0.3 is 14.5 Å². The van der Waals surface area contributed by atoms with Gasteiger partial charge in [-0.1, -0.05) is 45.0 Å². The highest BCUT2D eigenvalue weighted by atomic mass is 16.5. The highest BCUT2D eigenvalue weighted by Gasteiger charge is 2.23. The van der Waals surface area contributed by atoms with Crippen LogP contribution in [-0.4, -0.2) is 59.5 Å². The van der Waals surface area contributed by atoms with Crippen molar-refractivity contribution in [3.8, 4) is 0 Å². The Hall–Kier alpha value is -2.96. The molecular weight excluding hydrogens is 380 g/mol. The summed E-state index contributed by atoms with van der Waals surface area (Å²) in [6.45, 7) is 8.76. The molecule has 0 saturated carbocycles. The zero-order valence-corrected chi connectivity index (χ0v) is 18.0. The van der Waals surface area contributed by atoms with Gasteiger partial charge >= 0.3 is 5.97 Å². The number of amides is 1. The van der Waals surface area contributed by atoms with Crippen molar-refractivity contribution in [2.75, 3.05) is 37.7 Å². The Kier molecular flexibility index (Phi) is 7.03. The van der Waals surface area contributed by atoms with E-state index in [1.54, 1.807) is 23.4 Å². The molecule has 3 rings (SSSR count). The molecule has 160 valence electrons. The number of aromatic nitrogens is 2. The summed E-state index contributed by atoms with van der Waals surface area (Å²) < 4.78 is 5.20. The molecule has 0 bridgehead atoms. The van der Waals surface area contributed by atoms with Crippen LogP contribution < -0.4 is 4.90 Å². The number of hydrogen-bond acceptors (Lipinski definition) is 6. The monoisotopic (exact) mass is 410 g/mol. The third-order valence-corrected chi connectivity index (χ3v) is 5.26. The van der Waals surface area contributed by atoms with Crippen molar-refractivity contribution in [3.05, 3.63) is 53.9 Å². The summed E-state index contributed by atoms with van der Waals surface area (Å²) in [6, 6.07) is 10.1. The maximum Gasteiger partial charge on any atom is 0.306 e. The largest absolute Gasteiger partial charge is 0.456 e. The number of hydrogen-bond donors (Lipinski definition) is 0. The standard InChI is InChI=1S/C23H30N4O3/c1-23(2,3)19-8-5-18(6-9-19)7-10-21(29)30-17-20(28)26-13-15-27(16-14-26)22-24-11-4-12-25-22/h4-6,8-9,11-12H,7,10,13-17H2,1-3H3. The van der Waals surface area contributed by atoms with Gasteiger partial charge in [-0.25, -0.2) is 9.97 Å². The summed E-state index contributed by atoms with van der Waals surface area (Å²) in [6.07, 6.45) is 4.28. The van der Waals surface area contributed by atoms with Gasteiger partial charge in [-0.3, -0.25) is 9.59 Å². The van der Waals surface area contributed by atoms with Crippen LogP contribution in [0, 0.1) is 0 Å². The Morgan fingerprint density at radius 2 is 1.63 bits per heavy atom. The van der Waals surface area contributed by atoms with E-state index < -0.39 is 0 Å². The number of carbonyl (C=O) groups is 2. The quantitative estimate of drug-likeness (QED) is 0.682. The normalized spacial score (nSPS) is 14.5. The van der Waals surface area contributed by atoms with Crippen LogP contribution in [-0.2, 0) is 26.2 Å². The molecule has 1 fully saturated rings. The van der Waals surface area contributed by atoms with Crippen LogP contribution in [0.25, 0.3) is 0 Å². The molecule has 1 aliphatic rings. The first-order valence-corrected chi connectivity index (χ1v) is 10.4. The lowest BCUT2D eigenvalue weighted by Crippen LogP contribution is -2.50. The van der Waals surface area contributed by atoms with Gasteiger partial charge in [0.15, 0.2) is 6.61 Å². The Bertz CT molecular complexity index is 839. The van der Waals surface area contributed by atoms with Crippen LogP contribution in [0.15, 0.2) is 42.7 Å². The van der Waals surface area contributed by atoms with Gasteiger partial charge in [-0.2, -0.15) is 0 Å². The van der Waals surface area contributed by atoms with E-state index in [4.69, 9.17) is 4.74 Å². The third kappa shape index (κ3) is 6.02. The first kappa shape index (κ1) is 21.7. The molecule has 7 nitrogen and oxygen atoms in total. The number of ether oxygens (including phenoxy) is 1. The summed E-state index contributed by atoms with van der Waals surface area (Å²) in [5.74, 6) is 0.164. The zero-order valence-electron chi connectivity index (χ0n) is 18.0. The lowest BCUT2D eigenvalue weighted by Gasteiger charge is -2.34. The van der Waals surface area contributed by atoms with E-state index in [2.05, 4.69) is 55.0 Å². The Labute approximate surface area is 178 Å². The van der Waals surface area contributed by atoms with Gasteiger partial charge in [0, 0.05) is 45.0 Å². The smallest absolute Gasteiger partial charge is 0.306 e. The minimum Gasteiger partial charge on any atom is -0.456 e. The Morgan fingerprint density at radius 1 is 1.00 bits per heavy atom. The summed E-state index contributed by atoms with van der Waals surface area (Å²) in [5, 5.41) is 0. The summed E-state index contributed by atoms with van der Waals surface area (Å²) in [4.78, 5) is 36.6. The van der Waals surface area contributed by atoms with Crippen molar-refractivity contribution in [1.29, 1.82) is 0 Å². The molecule has 2 heterocycles. The topological polar surface area (TPSA) is 75.6 Å². The number of benzene rings is 1. The average molecular weight is 411 g/mol. The molecule has 0 unspecified atom stereocenters. The molecule has 1 amide bonds.